The molecule has 1 aromatic carbocycles. The lowest BCUT2D eigenvalue weighted by Crippen LogP contribution is -2.41. The minimum Gasteiger partial charge on any atom is -0.399 e. The van der Waals surface area contributed by atoms with Crippen LogP contribution in [0.25, 0.3) is 0 Å². The minimum absolute atomic E-state index is 0.0175. The van der Waals surface area contributed by atoms with Gasteiger partial charge in [-0.3, -0.25) is 0 Å². The molecule has 0 saturated heterocycles. The van der Waals surface area contributed by atoms with Gasteiger partial charge in [0.1, 0.15) is 10.7 Å². The molecule has 1 aliphatic rings. The van der Waals surface area contributed by atoms with E-state index < -0.39 is 15.8 Å². The molecule has 0 aromatic heterocycles. The van der Waals surface area contributed by atoms with E-state index in [0.717, 1.165) is 19.3 Å². The molecular weight excluding hydrogens is 255 g/mol. The van der Waals surface area contributed by atoms with E-state index in [4.69, 9.17) is 5.73 Å². The number of hydrogen-bond donors (Lipinski definition) is 1. The summed E-state index contributed by atoms with van der Waals surface area (Å²) in [6.45, 7) is 1.51. The summed E-state index contributed by atoms with van der Waals surface area (Å²) >= 11 is 0. The predicted molar refractivity (Wildman–Crippen MR) is 68.1 cm³/mol. The molecule has 0 heterocycles. The van der Waals surface area contributed by atoms with Gasteiger partial charge >= 0.3 is 0 Å². The molecule has 6 heteroatoms. The van der Waals surface area contributed by atoms with Crippen LogP contribution < -0.4 is 5.73 Å². The van der Waals surface area contributed by atoms with Crippen molar-refractivity contribution in [2.45, 2.75) is 37.1 Å². The molecule has 0 atom stereocenters. The third-order valence-electron chi connectivity index (χ3n) is 3.49. The summed E-state index contributed by atoms with van der Waals surface area (Å²) in [7, 11) is -2.30. The highest BCUT2D eigenvalue weighted by Gasteiger charge is 2.33. The summed E-state index contributed by atoms with van der Waals surface area (Å²) in [6, 6.07) is 2.60. The Bertz CT molecular complexity index is 568. The maximum atomic E-state index is 14.0. The number of halogens is 1. The fraction of sp³-hybridized carbons (Fsp3) is 0.500. The van der Waals surface area contributed by atoms with Crippen LogP contribution in [0.2, 0.25) is 0 Å². The van der Waals surface area contributed by atoms with E-state index in [2.05, 4.69) is 0 Å². The molecule has 0 bridgehead atoms. The molecule has 0 spiro atoms. The average Bonchev–Trinajstić information content (AvgIpc) is 2.20. The van der Waals surface area contributed by atoms with Gasteiger partial charge in [-0.1, -0.05) is 6.42 Å². The number of hydrogen-bond acceptors (Lipinski definition) is 3. The molecule has 1 aliphatic carbocycles. The minimum atomic E-state index is -3.80. The number of benzene rings is 1. The van der Waals surface area contributed by atoms with Gasteiger partial charge in [0, 0.05) is 18.8 Å². The molecule has 100 valence electrons. The monoisotopic (exact) mass is 272 g/mol. The Balaban J connectivity index is 2.46. The first-order chi connectivity index (χ1) is 8.34. The lowest BCUT2D eigenvalue weighted by molar-refractivity contribution is 0.249. The number of nitrogen functional groups attached to an aromatic ring is 1. The molecule has 0 amide bonds. The van der Waals surface area contributed by atoms with Crippen LogP contribution in [0.4, 0.5) is 10.1 Å². The lowest BCUT2D eigenvalue weighted by atomic mass is 9.94. The standard InChI is InChI=1S/C12H17FN2O2S/c1-8-6-9(14)7-11(12(8)13)18(16,17)15(2)10-4-3-5-10/h6-7,10H,3-5,14H2,1-2H3. The Morgan fingerprint density at radius 3 is 2.50 bits per heavy atom. The highest BCUT2D eigenvalue weighted by molar-refractivity contribution is 7.89. The van der Waals surface area contributed by atoms with E-state index in [1.807, 2.05) is 0 Å². The molecular formula is C12H17FN2O2S. The van der Waals surface area contributed by atoms with Gasteiger partial charge in [0.05, 0.1) is 0 Å². The maximum Gasteiger partial charge on any atom is 0.246 e. The first kappa shape index (κ1) is 13.3. The number of nitrogens with zero attached hydrogens (tertiary/aromatic N) is 1. The van der Waals surface area contributed by atoms with Crippen molar-refractivity contribution < 1.29 is 12.8 Å². The van der Waals surface area contributed by atoms with Crippen molar-refractivity contribution in [2.24, 2.45) is 0 Å². The van der Waals surface area contributed by atoms with Gasteiger partial charge < -0.3 is 5.73 Å². The van der Waals surface area contributed by atoms with E-state index in [1.54, 1.807) is 0 Å². The molecule has 1 saturated carbocycles. The Labute approximate surface area is 107 Å². The van der Waals surface area contributed by atoms with Crippen LogP contribution >= 0.6 is 0 Å². The first-order valence-corrected chi connectivity index (χ1v) is 7.31. The molecule has 1 fully saturated rings. The summed E-state index contributed by atoms with van der Waals surface area (Å²) in [5.41, 5.74) is 6.10. The Morgan fingerprint density at radius 1 is 1.39 bits per heavy atom. The second-order valence-corrected chi connectivity index (χ2v) is 6.72. The smallest absolute Gasteiger partial charge is 0.246 e. The van der Waals surface area contributed by atoms with Crippen LogP contribution in [0, 0.1) is 12.7 Å². The zero-order chi connectivity index (χ0) is 13.5. The average molecular weight is 272 g/mol. The number of rotatable bonds is 3. The quantitative estimate of drug-likeness (QED) is 0.855. The molecule has 18 heavy (non-hydrogen) atoms. The molecule has 4 nitrogen and oxygen atoms in total. The van der Waals surface area contributed by atoms with Crippen molar-refractivity contribution in [1.82, 2.24) is 4.31 Å². The third-order valence-corrected chi connectivity index (χ3v) is 5.40. The van der Waals surface area contributed by atoms with Gasteiger partial charge in [-0.2, -0.15) is 4.31 Å². The largest absolute Gasteiger partial charge is 0.399 e. The highest BCUT2D eigenvalue weighted by Crippen LogP contribution is 2.30. The summed E-state index contributed by atoms with van der Waals surface area (Å²) < 4.78 is 39.9. The number of sulfonamides is 1. The topological polar surface area (TPSA) is 63.4 Å². The normalized spacial score (nSPS) is 16.9. The molecule has 0 radical (unpaired) electrons. The van der Waals surface area contributed by atoms with Crippen molar-refractivity contribution >= 4 is 15.7 Å². The summed E-state index contributed by atoms with van der Waals surface area (Å²) in [5.74, 6) is -0.713. The Kier molecular flexibility index (Phi) is 3.33. The zero-order valence-electron chi connectivity index (χ0n) is 10.5. The fourth-order valence-corrected chi connectivity index (χ4v) is 3.64. The van der Waals surface area contributed by atoms with Gasteiger partial charge in [-0.15, -0.1) is 0 Å². The summed E-state index contributed by atoms with van der Waals surface area (Å²) in [6.07, 6.45) is 2.68. The highest BCUT2D eigenvalue weighted by atomic mass is 32.2. The van der Waals surface area contributed by atoms with Crippen LogP contribution in [0.3, 0.4) is 0 Å². The van der Waals surface area contributed by atoms with Gasteiger partial charge in [0.25, 0.3) is 0 Å². The molecule has 2 N–H and O–H groups in total. The van der Waals surface area contributed by atoms with E-state index in [-0.39, 0.29) is 22.2 Å². The summed E-state index contributed by atoms with van der Waals surface area (Å²) in [5, 5.41) is 0. The SMILES string of the molecule is Cc1cc(N)cc(S(=O)(=O)N(C)C2CCC2)c1F. The fourth-order valence-electron chi connectivity index (χ4n) is 2.05. The van der Waals surface area contributed by atoms with Crippen molar-refractivity contribution in [3.05, 3.63) is 23.5 Å². The summed E-state index contributed by atoms with van der Waals surface area (Å²) in [4.78, 5) is -0.325. The first-order valence-electron chi connectivity index (χ1n) is 5.87. The van der Waals surface area contributed by atoms with Crippen molar-refractivity contribution in [3.63, 3.8) is 0 Å². The Morgan fingerprint density at radius 2 is 2.00 bits per heavy atom. The van der Waals surface area contributed by atoms with Crippen molar-refractivity contribution in [1.29, 1.82) is 0 Å². The Hall–Kier alpha value is -1.14. The third kappa shape index (κ3) is 2.10. The lowest BCUT2D eigenvalue weighted by Gasteiger charge is -2.33. The van der Waals surface area contributed by atoms with E-state index in [0.29, 0.717) is 0 Å². The number of nitrogens with two attached hydrogens (primary N) is 1. The van der Waals surface area contributed by atoms with Crippen LogP contribution in [0.5, 0.6) is 0 Å². The van der Waals surface area contributed by atoms with Gasteiger partial charge in [-0.25, -0.2) is 12.8 Å². The van der Waals surface area contributed by atoms with Crippen LogP contribution in [0.1, 0.15) is 24.8 Å². The van der Waals surface area contributed by atoms with Gasteiger partial charge in [0.2, 0.25) is 10.0 Å². The van der Waals surface area contributed by atoms with Crippen LogP contribution in [0.15, 0.2) is 17.0 Å². The second kappa shape index (κ2) is 4.51. The number of anilines is 1. The van der Waals surface area contributed by atoms with Crippen molar-refractivity contribution in [3.8, 4) is 0 Å². The van der Waals surface area contributed by atoms with Crippen LogP contribution in [-0.2, 0) is 10.0 Å². The number of aryl methyl sites for hydroxylation is 1. The van der Waals surface area contributed by atoms with E-state index in [9.17, 15) is 12.8 Å². The second-order valence-electron chi connectivity index (χ2n) is 4.76. The zero-order valence-corrected chi connectivity index (χ0v) is 11.3. The molecule has 2 rings (SSSR count). The van der Waals surface area contributed by atoms with E-state index >= 15 is 0 Å². The van der Waals surface area contributed by atoms with Gasteiger partial charge in [0.15, 0.2) is 0 Å². The van der Waals surface area contributed by atoms with Gasteiger partial charge in [-0.05, 0) is 37.5 Å². The van der Waals surface area contributed by atoms with Crippen molar-refractivity contribution in [2.75, 3.05) is 12.8 Å². The maximum absolute atomic E-state index is 14.0. The molecule has 0 unspecified atom stereocenters. The molecule has 1 aromatic rings. The van der Waals surface area contributed by atoms with E-state index in [1.165, 1.54) is 30.4 Å². The predicted octanol–water partition coefficient (Wildman–Crippen LogP) is 1.89. The molecule has 0 aliphatic heterocycles. The van der Waals surface area contributed by atoms with Crippen LogP contribution in [-0.4, -0.2) is 25.8 Å².